The summed E-state index contributed by atoms with van der Waals surface area (Å²) in [5, 5.41) is 7.93. The highest BCUT2D eigenvalue weighted by atomic mass is 19.3. The van der Waals surface area contributed by atoms with Crippen LogP contribution in [0.2, 0.25) is 0 Å². The van der Waals surface area contributed by atoms with Gasteiger partial charge in [-0.05, 0) is 59.9 Å². The zero-order chi connectivity index (χ0) is 25.8. The molecular formula is C25H35F2N7O2. The molecule has 0 radical (unpaired) electrons. The number of hydrogen-bond donors (Lipinski definition) is 1. The van der Waals surface area contributed by atoms with Gasteiger partial charge in [0, 0.05) is 43.7 Å². The van der Waals surface area contributed by atoms with Gasteiger partial charge in [-0.25, -0.2) is 18.3 Å². The Bertz CT molecular complexity index is 1140. The van der Waals surface area contributed by atoms with Gasteiger partial charge in [-0.15, -0.1) is 0 Å². The smallest absolute Gasteiger partial charge is 0.410 e. The molecule has 2 aromatic rings. The van der Waals surface area contributed by atoms with Crippen LogP contribution in [0.25, 0.3) is 5.95 Å². The molecule has 5 rings (SSSR count). The van der Waals surface area contributed by atoms with E-state index in [1.165, 1.54) is 0 Å². The third kappa shape index (κ3) is 5.10. The summed E-state index contributed by atoms with van der Waals surface area (Å²) < 4.78 is 34.7. The Hall–Kier alpha value is -2.98. The minimum Gasteiger partial charge on any atom is -0.444 e. The number of likely N-dealkylation sites (tertiary alicyclic amines) is 1. The lowest BCUT2D eigenvalue weighted by Crippen LogP contribution is -2.50. The molecule has 36 heavy (non-hydrogen) atoms. The Balaban J connectivity index is 1.39. The van der Waals surface area contributed by atoms with Gasteiger partial charge in [-0.3, -0.25) is 0 Å². The fraction of sp³-hybridized carbons (Fsp3) is 0.680. The van der Waals surface area contributed by atoms with Gasteiger partial charge in [0.1, 0.15) is 17.2 Å². The molecule has 1 saturated carbocycles. The van der Waals surface area contributed by atoms with Gasteiger partial charge in [-0.1, -0.05) is 0 Å². The van der Waals surface area contributed by atoms with Gasteiger partial charge < -0.3 is 19.9 Å². The van der Waals surface area contributed by atoms with Crippen molar-refractivity contribution < 1.29 is 18.3 Å². The van der Waals surface area contributed by atoms with E-state index in [4.69, 9.17) is 14.7 Å². The summed E-state index contributed by atoms with van der Waals surface area (Å²) in [4.78, 5) is 26.3. The van der Waals surface area contributed by atoms with Crippen molar-refractivity contribution in [2.24, 2.45) is 0 Å². The number of carbonyl (C=O) groups excluding carboxylic acids is 1. The SMILES string of the molecule is Cc1cc(C)n(-c2nc(NC3CCC(F)(F)CC3)cc(N3C[C@H]4C[C@@H]3CN4C(=O)OC(C)(C)C)n2)n1. The van der Waals surface area contributed by atoms with Crippen LogP contribution in [0.4, 0.5) is 25.2 Å². The summed E-state index contributed by atoms with van der Waals surface area (Å²) >= 11 is 0. The van der Waals surface area contributed by atoms with Crippen LogP contribution in [-0.2, 0) is 4.74 Å². The molecule has 1 N–H and O–H groups in total. The first kappa shape index (κ1) is 24.7. The molecule has 2 aromatic heterocycles. The number of aromatic nitrogens is 4. The maximum atomic E-state index is 13.7. The summed E-state index contributed by atoms with van der Waals surface area (Å²) in [7, 11) is 0. The quantitative estimate of drug-likeness (QED) is 0.659. The number of ether oxygens (including phenoxy) is 1. The Morgan fingerprint density at radius 2 is 1.83 bits per heavy atom. The molecule has 11 heteroatoms. The summed E-state index contributed by atoms with van der Waals surface area (Å²) in [6.45, 7) is 10.7. The first-order chi connectivity index (χ1) is 16.9. The molecule has 2 saturated heterocycles. The van der Waals surface area contributed by atoms with E-state index in [1.807, 2.05) is 51.7 Å². The standard InChI is InChI=1S/C25H35F2N7O2/c1-15-10-16(2)34(31-15)22-29-20(28-17-6-8-25(26,27)9-7-17)12-21(30-22)32-13-19-11-18(32)14-33(19)23(35)36-24(3,4)5/h10,12,17-19H,6-9,11,13-14H2,1-5H3,(H,28,29,30)/t18-,19-/m1/s1. The van der Waals surface area contributed by atoms with Crippen LogP contribution in [0.1, 0.15) is 64.3 Å². The number of nitrogens with one attached hydrogen (secondary N) is 1. The van der Waals surface area contributed by atoms with Crippen LogP contribution in [-0.4, -0.2) is 73.5 Å². The predicted molar refractivity (Wildman–Crippen MR) is 132 cm³/mol. The third-order valence-corrected chi connectivity index (χ3v) is 7.13. The van der Waals surface area contributed by atoms with Crippen molar-refractivity contribution in [3.63, 3.8) is 0 Å². The molecule has 0 aromatic carbocycles. The zero-order valence-corrected chi connectivity index (χ0v) is 21.6. The number of anilines is 2. The van der Waals surface area contributed by atoms with Gasteiger partial charge in [0.05, 0.1) is 17.8 Å². The maximum absolute atomic E-state index is 13.7. The molecule has 2 aliphatic heterocycles. The highest BCUT2D eigenvalue weighted by molar-refractivity contribution is 5.70. The van der Waals surface area contributed by atoms with E-state index in [-0.39, 0.29) is 37.1 Å². The fourth-order valence-corrected chi connectivity index (χ4v) is 5.45. The molecule has 3 fully saturated rings. The van der Waals surface area contributed by atoms with E-state index in [1.54, 1.807) is 4.68 Å². The van der Waals surface area contributed by atoms with Crippen LogP contribution >= 0.6 is 0 Å². The highest BCUT2D eigenvalue weighted by Gasteiger charge is 2.47. The second-order valence-corrected chi connectivity index (χ2v) is 11.4. The van der Waals surface area contributed by atoms with Crippen molar-refractivity contribution >= 4 is 17.7 Å². The monoisotopic (exact) mass is 503 g/mol. The number of piperazine rings is 1. The van der Waals surface area contributed by atoms with E-state index < -0.39 is 11.5 Å². The lowest BCUT2D eigenvalue weighted by atomic mass is 9.92. The summed E-state index contributed by atoms with van der Waals surface area (Å²) in [6, 6.07) is 3.95. The minimum atomic E-state index is -2.58. The van der Waals surface area contributed by atoms with Crippen molar-refractivity contribution in [1.82, 2.24) is 24.6 Å². The van der Waals surface area contributed by atoms with E-state index in [0.29, 0.717) is 37.7 Å². The van der Waals surface area contributed by atoms with Gasteiger partial charge in [0.25, 0.3) is 5.95 Å². The maximum Gasteiger partial charge on any atom is 0.410 e. The van der Waals surface area contributed by atoms with Crippen LogP contribution in [0.15, 0.2) is 12.1 Å². The Morgan fingerprint density at radius 3 is 2.42 bits per heavy atom. The van der Waals surface area contributed by atoms with Crippen LogP contribution in [0.5, 0.6) is 0 Å². The second kappa shape index (κ2) is 8.85. The second-order valence-electron chi connectivity index (χ2n) is 11.4. The van der Waals surface area contributed by atoms with Crippen molar-refractivity contribution in [2.45, 2.75) is 96.4 Å². The van der Waals surface area contributed by atoms with Gasteiger partial charge in [0.15, 0.2) is 0 Å². The average molecular weight is 504 g/mol. The molecule has 0 spiro atoms. The van der Waals surface area contributed by atoms with E-state index >= 15 is 0 Å². The first-order valence-corrected chi connectivity index (χ1v) is 12.7. The van der Waals surface area contributed by atoms with Crippen molar-refractivity contribution in [2.75, 3.05) is 23.3 Å². The van der Waals surface area contributed by atoms with E-state index in [9.17, 15) is 13.6 Å². The highest BCUT2D eigenvalue weighted by Crippen LogP contribution is 2.37. The summed E-state index contributed by atoms with van der Waals surface area (Å²) in [5.74, 6) is -0.802. The third-order valence-electron chi connectivity index (χ3n) is 7.13. The molecule has 9 nitrogen and oxygen atoms in total. The minimum absolute atomic E-state index is 0.0499. The number of hydrogen-bond acceptors (Lipinski definition) is 7. The normalized spacial score (nSPS) is 23.9. The van der Waals surface area contributed by atoms with Crippen molar-refractivity contribution in [1.29, 1.82) is 0 Å². The molecule has 196 valence electrons. The number of aryl methyl sites for hydroxylation is 2. The molecule has 2 bridgehead atoms. The lowest BCUT2D eigenvalue weighted by molar-refractivity contribution is -0.0361. The Labute approximate surface area is 210 Å². The van der Waals surface area contributed by atoms with Gasteiger partial charge >= 0.3 is 6.09 Å². The van der Waals surface area contributed by atoms with Crippen LogP contribution < -0.4 is 10.2 Å². The molecule has 1 amide bonds. The van der Waals surface area contributed by atoms with Crippen LogP contribution in [0, 0.1) is 13.8 Å². The number of carbonyl (C=O) groups is 1. The number of alkyl halides is 2. The lowest BCUT2D eigenvalue weighted by Gasteiger charge is -2.36. The predicted octanol–water partition coefficient (Wildman–Crippen LogP) is 4.47. The molecule has 2 atom stereocenters. The molecule has 3 aliphatic rings. The number of amides is 1. The number of halogens is 2. The molecule has 4 heterocycles. The summed E-state index contributed by atoms with van der Waals surface area (Å²) in [6.07, 6.45) is 1.10. The first-order valence-electron chi connectivity index (χ1n) is 12.7. The Morgan fingerprint density at radius 1 is 1.11 bits per heavy atom. The number of fused-ring (bicyclic) bond motifs is 2. The topological polar surface area (TPSA) is 88.4 Å². The largest absolute Gasteiger partial charge is 0.444 e. The number of nitrogens with zero attached hydrogens (tertiary/aromatic N) is 6. The number of rotatable bonds is 4. The zero-order valence-electron chi connectivity index (χ0n) is 21.6. The molecular weight excluding hydrogens is 468 g/mol. The van der Waals surface area contributed by atoms with Crippen molar-refractivity contribution in [3.8, 4) is 5.95 Å². The van der Waals surface area contributed by atoms with Gasteiger partial charge in [0.2, 0.25) is 5.92 Å². The average Bonchev–Trinajstić information content (AvgIpc) is 3.47. The van der Waals surface area contributed by atoms with E-state index in [0.717, 1.165) is 23.6 Å². The van der Waals surface area contributed by atoms with E-state index in [2.05, 4.69) is 15.3 Å². The summed E-state index contributed by atoms with van der Waals surface area (Å²) in [5.41, 5.74) is 1.23. The van der Waals surface area contributed by atoms with Crippen molar-refractivity contribution in [3.05, 3.63) is 23.5 Å². The Kier molecular flexibility index (Phi) is 6.07. The van der Waals surface area contributed by atoms with Crippen LogP contribution in [0.3, 0.4) is 0 Å². The van der Waals surface area contributed by atoms with Gasteiger partial charge in [-0.2, -0.15) is 15.1 Å². The fourth-order valence-electron chi connectivity index (χ4n) is 5.45. The molecule has 0 unspecified atom stereocenters. The molecule has 1 aliphatic carbocycles.